The Morgan fingerprint density at radius 3 is 1.79 bits per heavy atom. The first kappa shape index (κ1) is 24.4. The van der Waals surface area contributed by atoms with Crippen LogP contribution in [0.1, 0.15) is 11.3 Å². The third-order valence-corrected chi connectivity index (χ3v) is 8.57. The van der Waals surface area contributed by atoms with Crippen molar-refractivity contribution in [2.75, 3.05) is 0 Å². The Kier molecular flexibility index (Phi) is 5.58. The van der Waals surface area contributed by atoms with Gasteiger partial charge in [-0.05, 0) is 90.5 Å². The molecule has 0 fully saturated rings. The zero-order valence-corrected chi connectivity index (χ0v) is 23.4. The van der Waals surface area contributed by atoms with Gasteiger partial charge in [0.05, 0.1) is 0 Å². The third kappa shape index (κ3) is 3.64. The summed E-state index contributed by atoms with van der Waals surface area (Å²) in [5.74, 6) is 0.911. The molecule has 1 nitrogen and oxygen atoms in total. The lowest BCUT2D eigenvalue weighted by Gasteiger charge is -2.19. The molecule has 0 unspecified atom stereocenters. The first-order valence-corrected chi connectivity index (χ1v) is 14.4. The van der Waals surface area contributed by atoms with Crippen LogP contribution in [0, 0.1) is 6.92 Å². The summed E-state index contributed by atoms with van der Waals surface area (Å²) in [6.45, 7) is 5.85. The summed E-state index contributed by atoms with van der Waals surface area (Å²) in [6, 6.07) is 44.2. The van der Waals surface area contributed by atoms with Gasteiger partial charge in [-0.25, -0.2) is 0 Å². The van der Waals surface area contributed by atoms with Crippen LogP contribution in [0.4, 0.5) is 0 Å². The number of furan rings is 1. The lowest BCUT2D eigenvalue weighted by Crippen LogP contribution is -1.92. The molecule has 1 aromatic heterocycles. The Labute approximate surface area is 244 Å². The number of benzene rings is 7. The molecule has 0 saturated heterocycles. The molecule has 42 heavy (non-hydrogen) atoms. The van der Waals surface area contributed by atoms with Gasteiger partial charge in [0.1, 0.15) is 11.3 Å². The van der Waals surface area contributed by atoms with E-state index in [1.807, 2.05) is 13.0 Å². The highest BCUT2D eigenvalue weighted by atomic mass is 16.3. The van der Waals surface area contributed by atoms with Gasteiger partial charge in [0.15, 0.2) is 0 Å². The number of rotatable bonds is 4. The molecule has 0 aliphatic carbocycles. The SMILES string of the molecule is C=C/C=C\c1c(C)oc2cc(-c3c4ccccc4c(-c4cc5ccccc5c5ccccc45)c4ccccc34)ccc12. The predicted octanol–water partition coefficient (Wildman–Crippen LogP) is 11.9. The van der Waals surface area contributed by atoms with Gasteiger partial charge < -0.3 is 4.42 Å². The van der Waals surface area contributed by atoms with E-state index in [9.17, 15) is 0 Å². The minimum Gasteiger partial charge on any atom is -0.461 e. The van der Waals surface area contributed by atoms with Crippen LogP contribution in [0.15, 0.2) is 144 Å². The summed E-state index contributed by atoms with van der Waals surface area (Å²) in [4.78, 5) is 0. The van der Waals surface area contributed by atoms with Crippen molar-refractivity contribution in [2.45, 2.75) is 6.92 Å². The topological polar surface area (TPSA) is 13.1 Å². The highest BCUT2D eigenvalue weighted by Crippen LogP contribution is 2.47. The van der Waals surface area contributed by atoms with Crippen LogP contribution >= 0.6 is 0 Å². The summed E-state index contributed by atoms with van der Waals surface area (Å²) in [5.41, 5.74) is 6.92. The van der Waals surface area contributed by atoms with Crippen molar-refractivity contribution in [3.63, 3.8) is 0 Å². The first-order chi connectivity index (χ1) is 20.7. The van der Waals surface area contributed by atoms with Crippen LogP contribution in [-0.4, -0.2) is 0 Å². The zero-order chi connectivity index (χ0) is 28.2. The van der Waals surface area contributed by atoms with E-state index in [0.717, 1.165) is 27.9 Å². The fraction of sp³-hybridized carbons (Fsp3) is 0.0244. The van der Waals surface area contributed by atoms with Gasteiger partial charge in [0.25, 0.3) is 0 Å². The molecule has 1 heterocycles. The van der Waals surface area contributed by atoms with Gasteiger partial charge in [-0.3, -0.25) is 0 Å². The standard InChI is InChI=1S/C41H28O/c1-3-4-14-29-26(2)42-39-25-28(22-23-33(29)39)40-34-18-9-11-20-36(34)41(37-21-12-10-19-35(37)40)38-24-27-13-5-6-15-30(27)31-16-7-8-17-32(31)38/h3-25H,1H2,2H3/b14-4-. The van der Waals surface area contributed by atoms with Crippen molar-refractivity contribution in [2.24, 2.45) is 0 Å². The van der Waals surface area contributed by atoms with Crippen LogP contribution in [0.3, 0.4) is 0 Å². The molecule has 0 saturated carbocycles. The molecule has 0 aliphatic heterocycles. The van der Waals surface area contributed by atoms with Gasteiger partial charge in [0.2, 0.25) is 0 Å². The van der Waals surface area contributed by atoms with Gasteiger partial charge in [-0.2, -0.15) is 0 Å². The van der Waals surface area contributed by atoms with E-state index < -0.39 is 0 Å². The Balaban J connectivity index is 1.48. The monoisotopic (exact) mass is 536 g/mol. The van der Waals surface area contributed by atoms with Crippen LogP contribution in [0.5, 0.6) is 0 Å². The maximum Gasteiger partial charge on any atom is 0.135 e. The average Bonchev–Trinajstić information content (AvgIpc) is 3.35. The smallest absolute Gasteiger partial charge is 0.135 e. The van der Waals surface area contributed by atoms with E-state index in [0.29, 0.717) is 0 Å². The summed E-state index contributed by atoms with van der Waals surface area (Å²) in [7, 11) is 0. The van der Waals surface area contributed by atoms with E-state index in [-0.39, 0.29) is 0 Å². The van der Waals surface area contributed by atoms with Crippen LogP contribution in [0.25, 0.3) is 82.4 Å². The summed E-state index contributed by atoms with van der Waals surface area (Å²) in [5, 5.41) is 11.2. The molecular formula is C41H28O. The number of fused-ring (bicyclic) bond motifs is 6. The summed E-state index contributed by atoms with van der Waals surface area (Å²) < 4.78 is 6.28. The molecule has 0 bridgehead atoms. The molecule has 1 heteroatoms. The fourth-order valence-electron chi connectivity index (χ4n) is 6.76. The normalized spacial score (nSPS) is 11.9. The molecule has 198 valence electrons. The zero-order valence-electron chi connectivity index (χ0n) is 23.4. The molecule has 0 spiro atoms. The van der Waals surface area contributed by atoms with Crippen LogP contribution in [-0.2, 0) is 0 Å². The van der Waals surface area contributed by atoms with Gasteiger partial charge in [-0.1, -0.05) is 128 Å². The quantitative estimate of drug-likeness (QED) is 0.124. The minimum absolute atomic E-state index is 0.895. The largest absolute Gasteiger partial charge is 0.461 e. The third-order valence-electron chi connectivity index (χ3n) is 8.57. The van der Waals surface area contributed by atoms with E-state index in [2.05, 4.69) is 134 Å². The number of allylic oxidation sites excluding steroid dienone is 2. The minimum atomic E-state index is 0.895. The highest BCUT2D eigenvalue weighted by molar-refractivity contribution is 6.25. The lowest BCUT2D eigenvalue weighted by molar-refractivity contribution is 0.577. The van der Waals surface area contributed by atoms with Crippen molar-refractivity contribution in [3.8, 4) is 22.3 Å². The van der Waals surface area contributed by atoms with E-state index in [1.54, 1.807) is 6.08 Å². The maximum absolute atomic E-state index is 6.28. The van der Waals surface area contributed by atoms with Gasteiger partial charge >= 0.3 is 0 Å². The van der Waals surface area contributed by atoms with Crippen molar-refractivity contribution in [1.29, 1.82) is 0 Å². The summed E-state index contributed by atoms with van der Waals surface area (Å²) >= 11 is 0. The molecule has 8 aromatic rings. The van der Waals surface area contributed by atoms with Crippen LogP contribution in [0.2, 0.25) is 0 Å². The Morgan fingerprint density at radius 2 is 1.12 bits per heavy atom. The number of hydrogen-bond donors (Lipinski definition) is 0. The average molecular weight is 537 g/mol. The Hall–Kier alpha value is -5.40. The fourth-order valence-corrected chi connectivity index (χ4v) is 6.76. The molecule has 7 aromatic carbocycles. The van der Waals surface area contributed by atoms with Crippen molar-refractivity contribution < 1.29 is 4.42 Å². The Morgan fingerprint density at radius 1 is 0.548 bits per heavy atom. The molecule has 8 rings (SSSR count). The number of aryl methyl sites for hydroxylation is 1. The van der Waals surface area contributed by atoms with Gasteiger partial charge in [-0.15, -0.1) is 0 Å². The number of hydrogen-bond acceptors (Lipinski definition) is 1. The first-order valence-electron chi connectivity index (χ1n) is 14.4. The molecule has 0 amide bonds. The molecule has 0 N–H and O–H groups in total. The van der Waals surface area contributed by atoms with Crippen molar-refractivity contribution in [1.82, 2.24) is 0 Å². The maximum atomic E-state index is 6.28. The summed E-state index contributed by atoms with van der Waals surface area (Å²) in [6.07, 6.45) is 5.83. The predicted molar refractivity (Wildman–Crippen MR) is 181 cm³/mol. The van der Waals surface area contributed by atoms with Gasteiger partial charge in [0, 0.05) is 10.9 Å². The van der Waals surface area contributed by atoms with Crippen molar-refractivity contribution in [3.05, 3.63) is 151 Å². The second-order valence-electron chi connectivity index (χ2n) is 10.9. The van der Waals surface area contributed by atoms with E-state index >= 15 is 0 Å². The molecular weight excluding hydrogens is 508 g/mol. The lowest BCUT2D eigenvalue weighted by atomic mass is 9.84. The molecule has 0 aliphatic rings. The van der Waals surface area contributed by atoms with Crippen LogP contribution < -0.4 is 0 Å². The second-order valence-corrected chi connectivity index (χ2v) is 10.9. The highest BCUT2D eigenvalue weighted by Gasteiger charge is 2.19. The van der Waals surface area contributed by atoms with E-state index in [4.69, 9.17) is 4.42 Å². The van der Waals surface area contributed by atoms with E-state index in [1.165, 1.54) is 59.8 Å². The molecule has 0 atom stereocenters. The second kappa shape index (κ2) is 9.61. The Bertz CT molecular complexity index is 2320. The van der Waals surface area contributed by atoms with Crippen molar-refractivity contribution >= 4 is 60.1 Å². The molecule has 0 radical (unpaired) electrons.